The van der Waals surface area contributed by atoms with Crippen molar-refractivity contribution in [1.29, 1.82) is 0 Å². The van der Waals surface area contributed by atoms with Gasteiger partial charge in [0.1, 0.15) is 0 Å². The summed E-state index contributed by atoms with van der Waals surface area (Å²) in [6, 6.07) is 0. The second-order valence-electron chi connectivity index (χ2n) is 3.01. The standard InChI is InChI=1S/C5H8N2.C4H10O3S/c1-2-7-4-3-6-5-7;1-2-3-4-8(5,6)7/h3-5H,2H2,1H3;2-4H2,1H3,(H,5,6,7)/p-1. The summed E-state index contributed by atoms with van der Waals surface area (Å²) in [5.74, 6) is -0.219. The van der Waals surface area contributed by atoms with Crippen LogP contribution in [-0.2, 0) is 16.7 Å². The molecule has 0 unspecified atom stereocenters. The van der Waals surface area contributed by atoms with Crippen LogP contribution >= 0.6 is 0 Å². The van der Waals surface area contributed by atoms with E-state index in [4.69, 9.17) is 0 Å². The number of aromatic nitrogens is 2. The normalized spacial score (nSPS) is 10.6. The summed E-state index contributed by atoms with van der Waals surface area (Å²) in [5, 5.41) is 0. The molecule has 0 fully saturated rings. The van der Waals surface area contributed by atoms with Crippen molar-refractivity contribution >= 4 is 10.1 Å². The first-order chi connectivity index (χ1) is 6.99. The van der Waals surface area contributed by atoms with E-state index in [0.29, 0.717) is 6.42 Å². The maximum absolute atomic E-state index is 9.83. The molecule has 0 N–H and O–H groups in total. The zero-order valence-corrected chi connectivity index (χ0v) is 9.90. The molecule has 0 aliphatic heterocycles. The van der Waals surface area contributed by atoms with E-state index in [9.17, 15) is 13.0 Å². The highest BCUT2D eigenvalue weighted by Crippen LogP contribution is 1.90. The van der Waals surface area contributed by atoms with Gasteiger partial charge in [0.05, 0.1) is 16.4 Å². The Morgan fingerprint density at radius 1 is 1.40 bits per heavy atom. The second-order valence-corrected chi connectivity index (χ2v) is 4.53. The van der Waals surface area contributed by atoms with Gasteiger partial charge in [0.25, 0.3) is 0 Å². The number of hydrogen-bond acceptors (Lipinski definition) is 4. The van der Waals surface area contributed by atoms with E-state index in [1.165, 1.54) is 0 Å². The lowest BCUT2D eigenvalue weighted by Crippen LogP contribution is -2.02. The Labute approximate surface area is 90.9 Å². The van der Waals surface area contributed by atoms with Crippen molar-refractivity contribution in [1.82, 2.24) is 9.55 Å². The number of nitrogens with zero attached hydrogens (tertiary/aromatic N) is 2. The molecule has 0 amide bonds. The molecular weight excluding hydrogens is 216 g/mol. The van der Waals surface area contributed by atoms with Crippen molar-refractivity contribution in [3.8, 4) is 0 Å². The maximum Gasteiger partial charge on any atom is 0.0945 e. The Hall–Kier alpha value is -0.880. The SMILES string of the molecule is CCCCS(=O)(=O)[O-].CCn1ccnc1. The topological polar surface area (TPSA) is 75.0 Å². The molecule has 0 saturated carbocycles. The van der Waals surface area contributed by atoms with Crippen LogP contribution in [0, 0.1) is 0 Å². The first kappa shape index (κ1) is 14.1. The van der Waals surface area contributed by atoms with Gasteiger partial charge in [0, 0.05) is 24.7 Å². The molecular formula is C9H17N2O3S-. The van der Waals surface area contributed by atoms with Crippen molar-refractivity contribution in [2.75, 3.05) is 5.75 Å². The van der Waals surface area contributed by atoms with Gasteiger partial charge in [0.2, 0.25) is 0 Å². The summed E-state index contributed by atoms with van der Waals surface area (Å²) in [4.78, 5) is 3.86. The molecule has 0 aliphatic rings. The van der Waals surface area contributed by atoms with Crippen molar-refractivity contribution in [3.63, 3.8) is 0 Å². The molecule has 0 radical (unpaired) electrons. The zero-order valence-electron chi connectivity index (χ0n) is 9.09. The highest BCUT2D eigenvalue weighted by molar-refractivity contribution is 7.85. The van der Waals surface area contributed by atoms with Gasteiger partial charge < -0.3 is 9.12 Å². The number of imidazole rings is 1. The zero-order chi connectivity index (χ0) is 11.7. The van der Waals surface area contributed by atoms with E-state index >= 15 is 0 Å². The summed E-state index contributed by atoms with van der Waals surface area (Å²) in [6.07, 6.45) is 6.76. The summed E-state index contributed by atoms with van der Waals surface area (Å²) < 4.78 is 31.5. The number of hydrogen-bond donors (Lipinski definition) is 0. The molecule has 0 aliphatic carbocycles. The van der Waals surface area contributed by atoms with Crippen molar-refractivity contribution < 1.29 is 13.0 Å². The van der Waals surface area contributed by atoms with Crippen LogP contribution in [0.5, 0.6) is 0 Å². The summed E-state index contributed by atoms with van der Waals surface area (Å²) in [6.45, 7) is 4.94. The van der Waals surface area contributed by atoms with Gasteiger partial charge in [-0.1, -0.05) is 13.3 Å². The summed E-state index contributed by atoms with van der Waals surface area (Å²) >= 11 is 0. The third-order valence-corrected chi connectivity index (χ3v) is 2.46. The quantitative estimate of drug-likeness (QED) is 0.733. The minimum absolute atomic E-state index is 0.219. The summed E-state index contributed by atoms with van der Waals surface area (Å²) in [5.41, 5.74) is 0. The molecule has 1 heterocycles. The fourth-order valence-electron chi connectivity index (χ4n) is 0.795. The monoisotopic (exact) mass is 233 g/mol. The van der Waals surface area contributed by atoms with Crippen LogP contribution < -0.4 is 0 Å². The van der Waals surface area contributed by atoms with Gasteiger partial charge in [-0.25, -0.2) is 13.4 Å². The van der Waals surface area contributed by atoms with Gasteiger partial charge in [-0.15, -0.1) is 0 Å². The molecule has 1 aromatic rings. The third-order valence-electron chi connectivity index (χ3n) is 1.67. The largest absolute Gasteiger partial charge is 0.748 e. The molecule has 0 aromatic carbocycles. The average Bonchev–Trinajstić information content (AvgIpc) is 2.67. The van der Waals surface area contributed by atoms with Crippen molar-refractivity contribution in [2.45, 2.75) is 33.2 Å². The molecule has 0 atom stereocenters. The molecule has 0 spiro atoms. The first-order valence-corrected chi connectivity index (χ1v) is 6.46. The number of unbranched alkanes of at least 4 members (excludes halogenated alkanes) is 1. The van der Waals surface area contributed by atoms with E-state index in [2.05, 4.69) is 11.9 Å². The average molecular weight is 233 g/mol. The predicted octanol–water partition coefficient (Wildman–Crippen LogP) is 1.23. The van der Waals surface area contributed by atoms with Crippen LogP contribution in [0.2, 0.25) is 0 Å². The minimum atomic E-state index is -3.94. The lowest BCUT2D eigenvalue weighted by molar-refractivity contribution is 0.461. The van der Waals surface area contributed by atoms with Crippen LogP contribution in [0.4, 0.5) is 0 Å². The van der Waals surface area contributed by atoms with Gasteiger partial charge in [-0.3, -0.25) is 0 Å². The molecule has 1 rings (SSSR count). The van der Waals surface area contributed by atoms with E-state index < -0.39 is 10.1 Å². The smallest absolute Gasteiger partial charge is 0.0945 e. The highest BCUT2D eigenvalue weighted by Gasteiger charge is 1.90. The van der Waals surface area contributed by atoms with Gasteiger partial charge >= 0.3 is 0 Å². The van der Waals surface area contributed by atoms with Crippen LogP contribution in [-0.4, -0.2) is 28.3 Å². The minimum Gasteiger partial charge on any atom is -0.748 e. The van der Waals surface area contributed by atoms with Gasteiger partial charge in [-0.05, 0) is 13.3 Å². The molecule has 6 heteroatoms. The molecule has 1 aromatic heterocycles. The van der Waals surface area contributed by atoms with Gasteiger partial charge in [0.15, 0.2) is 0 Å². The number of aryl methyl sites for hydroxylation is 1. The molecule has 0 saturated heterocycles. The van der Waals surface area contributed by atoms with E-state index in [-0.39, 0.29) is 5.75 Å². The van der Waals surface area contributed by atoms with Crippen molar-refractivity contribution in [3.05, 3.63) is 18.7 Å². The van der Waals surface area contributed by atoms with Crippen molar-refractivity contribution in [2.24, 2.45) is 0 Å². The maximum atomic E-state index is 9.83. The van der Waals surface area contributed by atoms with Crippen LogP contribution in [0.3, 0.4) is 0 Å². The fourth-order valence-corrected chi connectivity index (χ4v) is 1.44. The fraction of sp³-hybridized carbons (Fsp3) is 0.667. The van der Waals surface area contributed by atoms with E-state index in [0.717, 1.165) is 13.0 Å². The Kier molecular flexibility index (Phi) is 6.98. The lowest BCUT2D eigenvalue weighted by Gasteiger charge is -2.02. The predicted molar refractivity (Wildman–Crippen MR) is 57.4 cm³/mol. The Bertz CT molecular complexity index is 332. The van der Waals surface area contributed by atoms with Crippen LogP contribution in [0.25, 0.3) is 0 Å². The Morgan fingerprint density at radius 3 is 2.27 bits per heavy atom. The summed E-state index contributed by atoms with van der Waals surface area (Å²) in [7, 11) is -3.94. The Morgan fingerprint density at radius 2 is 2.07 bits per heavy atom. The Balaban J connectivity index is 0.000000262. The van der Waals surface area contributed by atoms with E-state index in [1.54, 1.807) is 12.5 Å². The van der Waals surface area contributed by atoms with Gasteiger partial charge in [-0.2, -0.15) is 0 Å². The molecule has 0 bridgehead atoms. The molecule has 5 nitrogen and oxygen atoms in total. The molecule has 15 heavy (non-hydrogen) atoms. The third kappa shape index (κ3) is 9.42. The lowest BCUT2D eigenvalue weighted by atomic mass is 10.4. The second kappa shape index (κ2) is 7.42. The first-order valence-electron chi connectivity index (χ1n) is 4.89. The van der Waals surface area contributed by atoms with Crippen LogP contribution in [0.1, 0.15) is 26.7 Å². The van der Waals surface area contributed by atoms with E-state index in [1.807, 2.05) is 17.7 Å². The van der Waals surface area contributed by atoms with Crippen LogP contribution in [0.15, 0.2) is 18.7 Å². The number of rotatable bonds is 4. The molecule has 88 valence electrons. The highest BCUT2D eigenvalue weighted by atomic mass is 32.2.